The molecule has 1 aliphatic heterocycles. The van der Waals surface area contributed by atoms with Crippen molar-refractivity contribution in [2.75, 3.05) is 77.9 Å². The smallest absolute Gasteiger partial charge is 0.338 e. The topological polar surface area (TPSA) is 297 Å². The molecule has 22 heteroatoms. The second-order valence-corrected chi connectivity index (χ2v) is 12.6. The lowest BCUT2D eigenvalue weighted by atomic mass is 10.2. The standard InChI is InChI=1S/C11H14O5.C10H12O5.C9H8O4.C8H8O5.C8H8O3/c1-13-8-5-7(11(12)16-4)6-9(14-2)10(8)15-3;1-13-7-4-6(10(12)15-3)5-8(14-2)9(7)11;1-11-9(10)6-2-3-7-8(4-6)13-5-12-7;1-13-8(12)4-2-5(9)7(11)6(10)3-4;1-11-8(10)6-2-4-7(9)5-3-6/h5-6H,1-4H3;4-5,11H,1-3H3;2-4H,5H2,1H3;2-3,9-11H,1H3;2-5,9H,1H3. The van der Waals surface area contributed by atoms with Crippen molar-refractivity contribution in [2.45, 2.75) is 0 Å². The van der Waals surface area contributed by atoms with Gasteiger partial charge in [-0.05, 0) is 78.9 Å². The number of methoxy groups -OCH3 is 10. The number of fused-ring (bicyclic) bond motifs is 1. The minimum atomic E-state index is -0.703. The molecule has 1 aliphatic rings. The van der Waals surface area contributed by atoms with E-state index in [2.05, 4.69) is 23.7 Å². The van der Waals surface area contributed by atoms with E-state index < -0.39 is 41.1 Å². The minimum absolute atomic E-state index is 0.0321. The van der Waals surface area contributed by atoms with Crippen molar-refractivity contribution in [3.05, 3.63) is 107 Å². The first kappa shape index (κ1) is 55.2. The third-order valence-corrected chi connectivity index (χ3v) is 8.56. The van der Waals surface area contributed by atoms with Gasteiger partial charge < -0.3 is 82.4 Å². The van der Waals surface area contributed by atoms with Gasteiger partial charge in [0.25, 0.3) is 0 Å². The molecule has 6 rings (SSSR count). The number of phenolic OH excluding ortho intramolecular Hbond substituents is 5. The van der Waals surface area contributed by atoms with Crippen molar-refractivity contribution in [1.29, 1.82) is 0 Å². The number of carbonyl (C=O) groups excluding carboxylic acids is 5. The number of hydrogen-bond acceptors (Lipinski definition) is 22. The van der Waals surface area contributed by atoms with Crippen molar-refractivity contribution < 1.29 is 106 Å². The number of esters is 5. The van der Waals surface area contributed by atoms with Crippen LogP contribution in [0.15, 0.2) is 78.9 Å². The summed E-state index contributed by atoms with van der Waals surface area (Å²) < 4.78 is 57.8. The zero-order chi connectivity index (χ0) is 51.1. The van der Waals surface area contributed by atoms with Gasteiger partial charge in [0.05, 0.1) is 98.9 Å². The van der Waals surface area contributed by atoms with E-state index in [1.807, 2.05) is 0 Å². The van der Waals surface area contributed by atoms with E-state index in [-0.39, 0.29) is 46.9 Å². The van der Waals surface area contributed by atoms with E-state index in [4.69, 9.17) is 53.6 Å². The molecule has 0 aliphatic carbocycles. The van der Waals surface area contributed by atoms with Crippen LogP contribution in [0.4, 0.5) is 0 Å². The van der Waals surface area contributed by atoms with Crippen molar-refractivity contribution in [3.63, 3.8) is 0 Å². The maximum absolute atomic E-state index is 11.4. The van der Waals surface area contributed by atoms with Crippen LogP contribution in [0.3, 0.4) is 0 Å². The van der Waals surface area contributed by atoms with Crippen LogP contribution in [0.25, 0.3) is 0 Å². The third-order valence-electron chi connectivity index (χ3n) is 8.56. The van der Waals surface area contributed by atoms with Crippen molar-refractivity contribution in [1.82, 2.24) is 0 Å². The molecule has 0 fully saturated rings. The maximum Gasteiger partial charge on any atom is 0.338 e. The Hall–Kier alpha value is -8.95. The van der Waals surface area contributed by atoms with Crippen LogP contribution in [-0.4, -0.2) is 133 Å². The van der Waals surface area contributed by atoms with Gasteiger partial charge in [0.2, 0.25) is 18.3 Å². The highest BCUT2D eigenvalue weighted by Crippen LogP contribution is 2.39. The average Bonchev–Trinajstić information content (AvgIpc) is 3.85. The molecule has 1 heterocycles. The first-order valence-electron chi connectivity index (χ1n) is 19.0. The van der Waals surface area contributed by atoms with Crippen molar-refractivity contribution in [2.24, 2.45) is 0 Å². The Morgan fingerprint density at radius 3 is 1.13 bits per heavy atom. The Labute approximate surface area is 389 Å². The summed E-state index contributed by atoms with van der Waals surface area (Å²) in [5.74, 6) is -1.42. The SMILES string of the molecule is COC(=O)c1cc(O)c(O)c(O)c1.COC(=O)c1cc(OC)c(O)c(OC)c1.COC(=O)c1cc(OC)c(OC)c(OC)c1.COC(=O)c1ccc(O)cc1.COC(=O)c1ccc2c(c1)OCO2. The zero-order valence-electron chi connectivity index (χ0n) is 38.4. The summed E-state index contributed by atoms with van der Waals surface area (Å²) in [5, 5.41) is 45.4. The molecule has 5 N–H and O–H groups in total. The van der Waals surface area contributed by atoms with Crippen LogP contribution in [0.2, 0.25) is 0 Å². The van der Waals surface area contributed by atoms with Crippen LogP contribution in [0, 0.1) is 0 Å². The predicted octanol–water partition coefficient (Wildman–Crippen LogP) is 5.67. The predicted molar refractivity (Wildman–Crippen MR) is 236 cm³/mol. The Kier molecular flexibility index (Phi) is 22.2. The van der Waals surface area contributed by atoms with Crippen molar-refractivity contribution in [3.8, 4) is 69.0 Å². The molecule has 0 spiro atoms. The maximum atomic E-state index is 11.4. The molecule has 22 nitrogen and oxygen atoms in total. The Morgan fingerprint density at radius 2 is 0.735 bits per heavy atom. The number of phenols is 5. The monoisotopic (exact) mass is 954 g/mol. The van der Waals surface area contributed by atoms with Crippen LogP contribution >= 0.6 is 0 Å². The molecule has 68 heavy (non-hydrogen) atoms. The first-order chi connectivity index (χ1) is 32.4. The van der Waals surface area contributed by atoms with Crippen LogP contribution < -0.4 is 33.2 Å². The van der Waals surface area contributed by atoms with Gasteiger partial charge in [-0.15, -0.1) is 0 Å². The van der Waals surface area contributed by atoms with Crippen LogP contribution in [-0.2, 0) is 23.7 Å². The highest BCUT2D eigenvalue weighted by Gasteiger charge is 2.19. The quantitative estimate of drug-likeness (QED) is 0.0640. The third kappa shape index (κ3) is 15.4. The van der Waals surface area contributed by atoms with Gasteiger partial charge in [0.1, 0.15) is 5.75 Å². The lowest BCUT2D eigenvalue weighted by Gasteiger charge is -2.13. The normalized spacial score (nSPS) is 10.1. The molecule has 0 saturated carbocycles. The van der Waals surface area contributed by atoms with Crippen LogP contribution in [0.1, 0.15) is 51.8 Å². The van der Waals surface area contributed by atoms with E-state index in [0.29, 0.717) is 45.4 Å². The fourth-order valence-corrected chi connectivity index (χ4v) is 5.14. The molecule has 5 aromatic rings. The molecule has 0 radical (unpaired) electrons. The molecule has 5 aromatic carbocycles. The van der Waals surface area contributed by atoms with Gasteiger partial charge in [-0.25, -0.2) is 24.0 Å². The number of ether oxygens (including phenoxy) is 12. The lowest BCUT2D eigenvalue weighted by molar-refractivity contribution is 0.0591. The molecule has 366 valence electrons. The van der Waals surface area contributed by atoms with Gasteiger partial charge >= 0.3 is 29.8 Å². The molecule has 0 atom stereocenters. The average molecular weight is 955 g/mol. The second kappa shape index (κ2) is 27.4. The fraction of sp³-hybridized carbons (Fsp3) is 0.239. The Bertz CT molecular complexity index is 2430. The summed E-state index contributed by atoms with van der Waals surface area (Å²) in [4.78, 5) is 55.4. The molecular formula is C46H50O22. The molecule has 0 amide bonds. The van der Waals surface area contributed by atoms with Crippen molar-refractivity contribution >= 4 is 29.8 Å². The van der Waals surface area contributed by atoms with Gasteiger partial charge in [-0.1, -0.05) is 0 Å². The Morgan fingerprint density at radius 1 is 0.382 bits per heavy atom. The molecular weight excluding hydrogens is 904 g/mol. The summed E-state index contributed by atoms with van der Waals surface area (Å²) in [7, 11) is 13.6. The molecule has 0 saturated heterocycles. The van der Waals surface area contributed by atoms with Gasteiger partial charge in [0.15, 0.2) is 51.7 Å². The van der Waals surface area contributed by atoms with Gasteiger partial charge in [-0.3, -0.25) is 0 Å². The van der Waals surface area contributed by atoms with Gasteiger partial charge in [0, 0.05) is 0 Å². The molecule has 0 bridgehead atoms. The number of hydrogen-bond donors (Lipinski definition) is 5. The number of benzene rings is 5. The minimum Gasteiger partial charge on any atom is -0.508 e. The van der Waals surface area contributed by atoms with Crippen LogP contribution in [0.5, 0.6) is 69.0 Å². The number of aromatic hydroxyl groups is 5. The fourth-order valence-electron chi connectivity index (χ4n) is 5.14. The summed E-state index contributed by atoms with van der Waals surface area (Å²) in [6.07, 6.45) is 0. The summed E-state index contributed by atoms with van der Waals surface area (Å²) in [5.41, 5.74) is 1.47. The van der Waals surface area contributed by atoms with E-state index in [0.717, 1.165) is 12.1 Å². The zero-order valence-corrected chi connectivity index (χ0v) is 38.4. The lowest BCUT2D eigenvalue weighted by Crippen LogP contribution is -2.03. The summed E-state index contributed by atoms with van der Waals surface area (Å²) in [6, 6.07) is 18.6. The highest BCUT2D eigenvalue weighted by atomic mass is 16.7. The number of carbonyl (C=O) groups is 5. The number of rotatable bonds is 10. The Balaban J connectivity index is 0.000000293. The van der Waals surface area contributed by atoms with Gasteiger partial charge in [-0.2, -0.15) is 0 Å². The first-order valence-corrected chi connectivity index (χ1v) is 19.0. The van der Waals surface area contributed by atoms with E-state index in [9.17, 15) is 29.1 Å². The molecule has 0 unspecified atom stereocenters. The van der Waals surface area contributed by atoms with E-state index >= 15 is 0 Å². The van der Waals surface area contributed by atoms with E-state index in [1.165, 1.54) is 120 Å². The second-order valence-electron chi connectivity index (χ2n) is 12.6. The summed E-state index contributed by atoms with van der Waals surface area (Å²) >= 11 is 0. The summed E-state index contributed by atoms with van der Waals surface area (Å²) in [6.45, 7) is 0.208. The highest BCUT2D eigenvalue weighted by molar-refractivity contribution is 5.93. The van der Waals surface area contributed by atoms with E-state index in [1.54, 1.807) is 18.2 Å². The largest absolute Gasteiger partial charge is 0.508 e. The molecule has 0 aromatic heterocycles.